The molecule has 19 heteroatoms. The van der Waals surface area contributed by atoms with Crippen molar-refractivity contribution in [3.05, 3.63) is 49.0 Å². The van der Waals surface area contributed by atoms with Gasteiger partial charge in [-0.05, 0) is 41.9 Å². The molecular weight excluding hydrogens is 680 g/mol. The molecule has 2 rings (SSSR count). The van der Waals surface area contributed by atoms with Gasteiger partial charge in [0.2, 0.25) is 5.91 Å². The number of esters is 2. The van der Waals surface area contributed by atoms with E-state index in [0.717, 1.165) is 12.1 Å². The van der Waals surface area contributed by atoms with Crippen molar-refractivity contribution < 1.29 is 48.0 Å². The summed E-state index contributed by atoms with van der Waals surface area (Å²) in [5.74, 6) is -2.83. The molecule has 0 heterocycles. The molecule has 0 aliphatic rings. The second-order valence-electron chi connectivity index (χ2n) is 9.39. The normalized spacial score (nSPS) is 10.6. The van der Waals surface area contributed by atoms with E-state index in [4.69, 9.17) is 14.2 Å². The molecule has 0 radical (unpaired) electrons. The molecule has 1 amide bonds. The van der Waals surface area contributed by atoms with Crippen LogP contribution in [-0.4, -0.2) is 72.7 Å². The number of halogens is 1. The van der Waals surface area contributed by atoms with Gasteiger partial charge in [0.05, 0.1) is 46.3 Å². The first-order valence-corrected chi connectivity index (χ1v) is 14.0. The van der Waals surface area contributed by atoms with Crippen LogP contribution in [0.5, 0.6) is 5.75 Å². The summed E-state index contributed by atoms with van der Waals surface area (Å²) < 4.78 is 15.8. The highest BCUT2D eigenvalue weighted by atomic mass is 79.9. The minimum atomic E-state index is -0.866. The van der Waals surface area contributed by atoms with Crippen LogP contribution in [-0.2, 0) is 33.4 Å². The number of carbonyl (C=O) groups excluding carboxylic acids is 5. The van der Waals surface area contributed by atoms with E-state index in [1.54, 1.807) is 4.90 Å². The van der Waals surface area contributed by atoms with Crippen molar-refractivity contribution in [2.45, 2.75) is 33.6 Å². The summed E-state index contributed by atoms with van der Waals surface area (Å²) in [7, 11) is 1.28. The molecule has 0 atom stereocenters. The van der Waals surface area contributed by atoms with Crippen LogP contribution in [0.1, 0.15) is 33.6 Å². The fourth-order valence-electron chi connectivity index (χ4n) is 3.82. The van der Waals surface area contributed by atoms with E-state index in [-0.39, 0.29) is 59.3 Å². The summed E-state index contributed by atoms with van der Waals surface area (Å²) in [5, 5.41) is 33.4. The summed E-state index contributed by atoms with van der Waals surface area (Å²) >= 11 is 3.05. The average molecular weight is 709 g/mol. The maximum absolute atomic E-state index is 12.2. The van der Waals surface area contributed by atoms with Crippen molar-refractivity contribution in [3.8, 4) is 5.75 Å². The molecule has 0 bridgehead atoms. The van der Waals surface area contributed by atoms with Crippen LogP contribution < -0.4 is 15.0 Å². The van der Waals surface area contributed by atoms with Gasteiger partial charge < -0.3 is 24.4 Å². The van der Waals surface area contributed by atoms with Gasteiger partial charge in [-0.2, -0.15) is 0 Å². The Morgan fingerprint density at radius 3 is 1.91 bits per heavy atom. The number of ether oxygens (including phenoxy) is 3. The second kappa shape index (κ2) is 17.2. The highest BCUT2D eigenvalue weighted by Crippen LogP contribution is 2.45. The van der Waals surface area contributed by atoms with Crippen LogP contribution in [0.15, 0.2) is 39.0 Å². The Morgan fingerprint density at radius 1 is 0.891 bits per heavy atom. The van der Waals surface area contributed by atoms with Gasteiger partial charge in [-0.15, -0.1) is 10.2 Å². The van der Waals surface area contributed by atoms with Crippen molar-refractivity contribution in [3.63, 3.8) is 0 Å². The predicted molar refractivity (Wildman–Crippen MR) is 164 cm³/mol. The maximum Gasteiger partial charge on any atom is 0.313 e. The van der Waals surface area contributed by atoms with Crippen molar-refractivity contribution in [2.24, 2.45) is 10.2 Å². The van der Waals surface area contributed by atoms with Gasteiger partial charge in [0.15, 0.2) is 11.4 Å². The Bertz CT molecular complexity index is 1540. The number of Topliss-reactive ketones (excluding diaryl/α,β-unsaturated/α-hetero) is 2. The fraction of sp³-hybridized carbons (Fsp3) is 0.370. The van der Waals surface area contributed by atoms with Crippen LogP contribution in [0.3, 0.4) is 0 Å². The molecule has 2 aromatic rings. The Hall–Kier alpha value is -5.33. The van der Waals surface area contributed by atoms with Gasteiger partial charge in [0.25, 0.3) is 5.69 Å². The quantitative estimate of drug-likeness (QED) is 0.0783. The SMILES string of the molecule is COc1c(N(CCOC(=O)CC(C)=O)CCOC(=O)CC(C)=O)ccc(N=Nc2c(Br)cc([N+](=O)[O-])cc2[N+](=O)[O-])c1NC(C)=O. The molecule has 46 heavy (non-hydrogen) atoms. The first kappa shape index (κ1) is 36.9. The summed E-state index contributed by atoms with van der Waals surface area (Å²) in [4.78, 5) is 81.2. The van der Waals surface area contributed by atoms with E-state index < -0.39 is 63.5 Å². The minimum Gasteiger partial charge on any atom is -0.492 e. The molecule has 18 nitrogen and oxygen atoms in total. The Kier molecular flexibility index (Phi) is 13.8. The van der Waals surface area contributed by atoms with Crippen molar-refractivity contribution >= 4 is 79.5 Å². The zero-order valence-corrected chi connectivity index (χ0v) is 26.7. The lowest BCUT2D eigenvalue weighted by Crippen LogP contribution is -2.33. The van der Waals surface area contributed by atoms with Crippen LogP contribution in [0, 0.1) is 20.2 Å². The number of ketones is 2. The zero-order valence-electron chi connectivity index (χ0n) is 25.1. The summed E-state index contributed by atoms with van der Waals surface area (Å²) in [6.45, 7) is 3.24. The van der Waals surface area contributed by atoms with E-state index in [9.17, 15) is 44.2 Å². The third-order valence-electron chi connectivity index (χ3n) is 5.69. The van der Waals surface area contributed by atoms with Gasteiger partial charge in [0, 0.05) is 13.0 Å². The first-order chi connectivity index (χ1) is 21.6. The highest BCUT2D eigenvalue weighted by molar-refractivity contribution is 9.10. The van der Waals surface area contributed by atoms with Gasteiger partial charge in [-0.25, -0.2) is 0 Å². The Labute approximate surface area is 269 Å². The molecule has 246 valence electrons. The highest BCUT2D eigenvalue weighted by Gasteiger charge is 2.25. The Balaban J connectivity index is 2.57. The number of anilines is 2. The maximum atomic E-state index is 12.2. The van der Waals surface area contributed by atoms with E-state index in [2.05, 4.69) is 31.5 Å². The lowest BCUT2D eigenvalue weighted by molar-refractivity contribution is -0.393. The number of nitro benzene ring substituents is 2. The van der Waals surface area contributed by atoms with Gasteiger partial charge in [-0.1, -0.05) is 0 Å². The van der Waals surface area contributed by atoms with Crippen LogP contribution >= 0.6 is 15.9 Å². The second-order valence-corrected chi connectivity index (χ2v) is 10.2. The third-order valence-corrected chi connectivity index (χ3v) is 6.29. The molecule has 0 aliphatic carbocycles. The predicted octanol–water partition coefficient (Wildman–Crippen LogP) is 4.50. The van der Waals surface area contributed by atoms with Crippen LogP contribution in [0.4, 0.5) is 34.1 Å². The molecule has 0 fully saturated rings. The van der Waals surface area contributed by atoms with Crippen LogP contribution in [0.2, 0.25) is 0 Å². The lowest BCUT2D eigenvalue weighted by Gasteiger charge is -2.27. The number of benzene rings is 2. The molecule has 0 spiro atoms. The molecule has 0 aromatic heterocycles. The fourth-order valence-corrected chi connectivity index (χ4v) is 4.33. The molecule has 2 aromatic carbocycles. The lowest BCUT2D eigenvalue weighted by atomic mass is 10.2. The number of nitrogens with one attached hydrogen (secondary N) is 1. The van der Waals surface area contributed by atoms with Crippen molar-refractivity contribution in [1.82, 2.24) is 0 Å². The zero-order chi connectivity index (χ0) is 34.6. The topological polar surface area (TPSA) is 239 Å². The molecule has 0 saturated heterocycles. The number of rotatable bonds is 17. The van der Waals surface area contributed by atoms with E-state index in [1.165, 1.54) is 40.0 Å². The standard InChI is InChI=1S/C27H29BrN6O12/c1-15(35)11-23(38)45-9-7-32(8-10-46-24(39)12-16(2)36)21-6-5-20(26(27(21)44-4)29-17(3)37)30-31-25-19(28)13-18(33(40)41)14-22(25)34(42)43/h5-6,13-14H,7-12H2,1-4H3,(H,29,37). The number of hydrogen-bond acceptors (Lipinski definition) is 15. The van der Waals surface area contributed by atoms with Gasteiger partial charge in [-0.3, -0.25) is 44.2 Å². The number of azo groups is 1. The number of carbonyl (C=O) groups is 5. The van der Waals surface area contributed by atoms with Gasteiger partial charge >= 0.3 is 17.6 Å². The van der Waals surface area contributed by atoms with Crippen molar-refractivity contribution in [2.75, 3.05) is 43.6 Å². The van der Waals surface area contributed by atoms with E-state index in [0.29, 0.717) is 0 Å². The number of nitro groups is 2. The van der Waals surface area contributed by atoms with Crippen molar-refractivity contribution in [1.29, 1.82) is 0 Å². The Morgan fingerprint density at radius 2 is 1.46 bits per heavy atom. The summed E-state index contributed by atoms with van der Waals surface area (Å²) in [5.41, 5.74) is -1.37. The average Bonchev–Trinajstić information content (AvgIpc) is 2.94. The summed E-state index contributed by atoms with van der Waals surface area (Å²) in [6, 6.07) is 4.60. The summed E-state index contributed by atoms with van der Waals surface area (Å²) in [6.07, 6.45) is -0.858. The molecule has 0 saturated carbocycles. The van der Waals surface area contributed by atoms with Gasteiger partial charge in [0.1, 0.15) is 49.0 Å². The molecule has 1 N–H and O–H groups in total. The number of nitrogens with zero attached hydrogens (tertiary/aromatic N) is 5. The molecule has 0 unspecified atom stereocenters. The number of non-ortho nitro benzene ring substituents is 1. The smallest absolute Gasteiger partial charge is 0.313 e. The molecule has 0 aliphatic heterocycles. The van der Waals surface area contributed by atoms with E-state index >= 15 is 0 Å². The number of hydrogen-bond donors (Lipinski definition) is 1. The number of methoxy groups -OCH3 is 1. The first-order valence-electron chi connectivity index (χ1n) is 13.2. The molecular formula is C27H29BrN6O12. The number of amides is 1. The largest absolute Gasteiger partial charge is 0.492 e. The minimum absolute atomic E-state index is 0.00737. The van der Waals surface area contributed by atoms with E-state index in [1.807, 2.05) is 0 Å². The third kappa shape index (κ3) is 11.0. The van der Waals surface area contributed by atoms with Crippen LogP contribution in [0.25, 0.3) is 0 Å². The monoisotopic (exact) mass is 708 g/mol.